The lowest BCUT2D eigenvalue weighted by Gasteiger charge is -2.12. The average molecular weight is 298 g/mol. The van der Waals surface area contributed by atoms with E-state index >= 15 is 0 Å². The van der Waals surface area contributed by atoms with Crippen molar-refractivity contribution in [2.75, 3.05) is 0 Å². The van der Waals surface area contributed by atoms with Crippen molar-refractivity contribution in [2.45, 2.75) is 51.6 Å². The summed E-state index contributed by atoms with van der Waals surface area (Å²) in [4.78, 5) is 0. The first-order valence-corrected chi connectivity index (χ1v) is 8.30. The Kier molecular flexibility index (Phi) is 6.98. The maximum Gasteiger partial charge on any atom is 0.127 e. The zero-order valence-electron chi connectivity index (χ0n) is 13.4. The largest absolute Gasteiger partial charge is 0.457 e. The lowest BCUT2D eigenvalue weighted by Crippen LogP contribution is -1.97. The molecule has 0 amide bonds. The predicted molar refractivity (Wildman–Crippen MR) is 91.3 cm³/mol. The van der Waals surface area contributed by atoms with Crippen LogP contribution in [0.25, 0.3) is 0 Å². The summed E-state index contributed by atoms with van der Waals surface area (Å²) in [5.74, 6) is 1.62. The average Bonchev–Trinajstić information content (AvgIpc) is 2.56. The maximum atomic E-state index is 10.2. The first-order valence-electron chi connectivity index (χ1n) is 8.30. The fourth-order valence-corrected chi connectivity index (χ4v) is 2.49. The van der Waals surface area contributed by atoms with Gasteiger partial charge in [-0.1, -0.05) is 69.4 Å². The lowest BCUT2D eigenvalue weighted by molar-refractivity contribution is 0.163. The van der Waals surface area contributed by atoms with E-state index in [1.807, 2.05) is 54.6 Å². The number of rotatable bonds is 9. The third-order valence-corrected chi connectivity index (χ3v) is 3.82. The van der Waals surface area contributed by atoms with Gasteiger partial charge in [0, 0.05) is 0 Å². The summed E-state index contributed by atoms with van der Waals surface area (Å²) in [6.07, 6.45) is 6.58. The predicted octanol–water partition coefficient (Wildman–Crippen LogP) is 5.87. The number of aliphatic hydroxyl groups is 1. The van der Waals surface area contributed by atoms with E-state index in [1.54, 1.807) is 0 Å². The first-order chi connectivity index (χ1) is 10.8. The van der Waals surface area contributed by atoms with E-state index in [4.69, 9.17) is 4.74 Å². The topological polar surface area (TPSA) is 29.5 Å². The summed E-state index contributed by atoms with van der Waals surface area (Å²) in [6, 6.07) is 17.5. The van der Waals surface area contributed by atoms with Gasteiger partial charge in [0.25, 0.3) is 0 Å². The molecule has 2 heteroatoms. The number of para-hydroxylation sites is 1. The molecule has 0 aliphatic heterocycles. The number of hydrogen-bond donors (Lipinski definition) is 1. The Labute approximate surface area is 133 Å². The first kappa shape index (κ1) is 16.6. The minimum atomic E-state index is -0.368. The summed E-state index contributed by atoms with van der Waals surface area (Å²) in [6.45, 7) is 2.22. The molecular weight excluding hydrogens is 272 g/mol. The van der Waals surface area contributed by atoms with E-state index in [1.165, 1.54) is 25.7 Å². The highest BCUT2D eigenvalue weighted by Crippen LogP contribution is 2.25. The van der Waals surface area contributed by atoms with E-state index < -0.39 is 0 Å². The van der Waals surface area contributed by atoms with Crippen LogP contribution in [0.3, 0.4) is 0 Å². The molecule has 2 rings (SSSR count). The number of hydrogen-bond acceptors (Lipinski definition) is 2. The molecule has 0 radical (unpaired) electrons. The van der Waals surface area contributed by atoms with Crippen LogP contribution < -0.4 is 4.74 Å². The zero-order valence-corrected chi connectivity index (χ0v) is 13.4. The van der Waals surface area contributed by atoms with Gasteiger partial charge in [-0.15, -0.1) is 0 Å². The van der Waals surface area contributed by atoms with Crippen LogP contribution in [0.2, 0.25) is 0 Å². The summed E-state index contributed by atoms with van der Waals surface area (Å²) >= 11 is 0. The molecule has 0 aliphatic rings. The Hall–Kier alpha value is -1.80. The molecular formula is C20H26O2. The van der Waals surface area contributed by atoms with Crippen molar-refractivity contribution >= 4 is 0 Å². The zero-order chi connectivity index (χ0) is 15.6. The van der Waals surface area contributed by atoms with Crippen LogP contribution in [0.4, 0.5) is 0 Å². The highest BCUT2D eigenvalue weighted by molar-refractivity contribution is 5.33. The fourth-order valence-electron chi connectivity index (χ4n) is 2.49. The molecule has 0 aromatic heterocycles. The van der Waals surface area contributed by atoms with Crippen LogP contribution in [-0.2, 0) is 0 Å². The third-order valence-electron chi connectivity index (χ3n) is 3.82. The molecule has 2 nitrogen and oxygen atoms in total. The van der Waals surface area contributed by atoms with Gasteiger partial charge in [0.15, 0.2) is 0 Å². The number of aliphatic hydroxyl groups excluding tert-OH is 1. The van der Waals surface area contributed by atoms with Crippen LogP contribution in [-0.4, -0.2) is 5.11 Å². The number of unbranched alkanes of at least 4 members (excludes halogenated alkanes) is 4. The van der Waals surface area contributed by atoms with Crippen molar-refractivity contribution in [3.05, 3.63) is 60.2 Å². The Morgan fingerprint density at radius 1 is 0.818 bits per heavy atom. The lowest BCUT2D eigenvalue weighted by atomic mass is 10.0. The monoisotopic (exact) mass is 298 g/mol. The molecule has 0 aliphatic carbocycles. The number of benzene rings is 2. The molecule has 0 saturated heterocycles. The van der Waals surface area contributed by atoms with Gasteiger partial charge in [-0.25, -0.2) is 0 Å². The molecule has 1 atom stereocenters. The van der Waals surface area contributed by atoms with Crippen LogP contribution in [0, 0.1) is 0 Å². The molecule has 0 spiro atoms. The van der Waals surface area contributed by atoms with Crippen LogP contribution in [0.5, 0.6) is 11.5 Å². The minimum absolute atomic E-state index is 0.368. The van der Waals surface area contributed by atoms with Crippen molar-refractivity contribution in [3.8, 4) is 11.5 Å². The van der Waals surface area contributed by atoms with Crippen molar-refractivity contribution in [3.63, 3.8) is 0 Å². The SMILES string of the molecule is CCCCCCCC(O)c1ccc(Oc2ccccc2)cc1. The highest BCUT2D eigenvalue weighted by atomic mass is 16.5. The van der Waals surface area contributed by atoms with Gasteiger partial charge in [-0.3, -0.25) is 0 Å². The summed E-state index contributed by atoms with van der Waals surface area (Å²) in [5.41, 5.74) is 0.968. The standard InChI is InChI=1S/C20H26O2/c1-2-3-4-5-9-12-20(21)17-13-15-19(16-14-17)22-18-10-7-6-8-11-18/h6-8,10-11,13-16,20-21H,2-5,9,12H2,1H3. The van der Waals surface area contributed by atoms with Gasteiger partial charge in [-0.2, -0.15) is 0 Å². The van der Waals surface area contributed by atoms with Crippen LogP contribution >= 0.6 is 0 Å². The second-order valence-electron chi connectivity index (χ2n) is 5.70. The third kappa shape index (κ3) is 5.53. The maximum absolute atomic E-state index is 10.2. The molecule has 1 N–H and O–H groups in total. The second-order valence-corrected chi connectivity index (χ2v) is 5.70. The molecule has 22 heavy (non-hydrogen) atoms. The normalized spacial score (nSPS) is 12.1. The Bertz CT molecular complexity index is 519. The van der Waals surface area contributed by atoms with Crippen molar-refractivity contribution in [2.24, 2.45) is 0 Å². The van der Waals surface area contributed by atoms with E-state index in [-0.39, 0.29) is 6.10 Å². The van der Waals surface area contributed by atoms with Crippen molar-refractivity contribution < 1.29 is 9.84 Å². The fraction of sp³-hybridized carbons (Fsp3) is 0.400. The minimum Gasteiger partial charge on any atom is -0.457 e. The van der Waals surface area contributed by atoms with Crippen molar-refractivity contribution in [1.82, 2.24) is 0 Å². The van der Waals surface area contributed by atoms with E-state index in [0.717, 1.165) is 29.9 Å². The van der Waals surface area contributed by atoms with Gasteiger partial charge in [0.05, 0.1) is 6.10 Å². The van der Waals surface area contributed by atoms with Crippen molar-refractivity contribution in [1.29, 1.82) is 0 Å². The number of ether oxygens (including phenoxy) is 1. The van der Waals surface area contributed by atoms with E-state index in [2.05, 4.69) is 6.92 Å². The Morgan fingerprint density at radius 3 is 2.14 bits per heavy atom. The molecule has 0 fully saturated rings. The summed E-state index contributed by atoms with van der Waals surface area (Å²) in [5, 5.41) is 10.2. The molecule has 0 saturated carbocycles. The van der Waals surface area contributed by atoms with Gasteiger partial charge in [0.1, 0.15) is 11.5 Å². The van der Waals surface area contributed by atoms with E-state index in [0.29, 0.717) is 0 Å². The smallest absolute Gasteiger partial charge is 0.127 e. The summed E-state index contributed by atoms with van der Waals surface area (Å²) in [7, 11) is 0. The van der Waals surface area contributed by atoms with Gasteiger partial charge < -0.3 is 9.84 Å². The molecule has 0 heterocycles. The van der Waals surface area contributed by atoms with Gasteiger partial charge in [0.2, 0.25) is 0 Å². The highest BCUT2D eigenvalue weighted by Gasteiger charge is 2.07. The van der Waals surface area contributed by atoms with Gasteiger partial charge in [-0.05, 0) is 36.2 Å². The molecule has 118 valence electrons. The molecule has 2 aromatic rings. The van der Waals surface area contributed by atoms with Gasteiger partial charge >= 0.3 is 0 Å². The molecule has 0 bridgehead atoms. The summed E-state index contributed by atoms with van der Waals surface area (Å²) < 4.78 is 5.76. The second kappa shape index (κ2) is 9.26. The van der Waals surface area contributed by atoms with E-state index in [9.17, 15) is 5.11 Å². The Morgan fingerprint density at radius 2 is 1.45 bits per heavy atom. The van der Waals surface area contributed by atoms with Crippen LogP contribution in [0.15, 0.2) is 54.6 Å². The molecule has 2 aromatic carbocycles. The van der Waals surface area contributed by atoms with Crippen LogP contribution in [0.1, 0.15) is 57.1 Å². The Balaban J connectivity index is 1.80. The quantitative estimate of drug-likeness (QED) is 0.586. The molecule has 1 unspecified atom stereocenters.